The third kappa shape index (κ3) is 3.72. The van der Waals surface area contributed by atoms with Crippen LogP contribution in [0.3, 0.4) is 0 Å². The number of carbonyl (C=O) groups excluding carboxylic acids is 2. The Morgan fingerprint density at radius 3 is 2.72 bits per heavy atom. The summed E-state index contributed by atoms with van der Waals surface area (Å²) in [5, 5.41) is 14.0. The number of aliphatic carboxylic acids is 1. The van der Waals surface area contributed by atoms with E-state index in [1.54, 1.807) is 6.20 Å². The number of amides is 2. The van der Waals surface area contributed by atoms with Crippen LogP contribution in [0.25, 0.3) is 10.8 Å². The van der Waals surface area contributed by atoms with Crippen LogP contribution < -0.4 is 5.32 Å². The number of benzene rings is 1. The van der Waals surface area contributed by atoms with Gasteiger partial charge in [-0.05, 0) is 43.6 Å². The van der Waals surface area contributed by atoms with Crippen LogP contribution in [0.1, 0.15) is 42.6 Å². The van der Waals surface area contributed by atoms with Crippen molar-refractivity contribution in [2.24, 2.45) is 0 Å². The van der Waals surface area contributed by atoms with Crippen molar-refractivity contribution < 1.29 is 19.5 Å². The Labute approximate surface area is 168 Å². The fourth-order valence-electron chi connectivity index (χ4n) is 4.30. The van der Waals surface area contributed by atoms with Gasteiger partial charge in [0.05, 0.1) is 0 Å². The second-order valence-electron chi connectivity index (χ2n) is 7.53. The van der Waals surface area contributed by atoms with Gasteiger partial charge in [0.1, 0.15) is 17.8 Å². The lowest BCUT2D eigenvalue weighted by atomic mass is 9.90. The lowest BCUT2D eigenvalue weighted by Gasteiger charge is -2.42. The molecule has 2 aliphatic heterocycles. The molecular formula is C22H23N3O4. The van der Waals surface area contributed by atoms with E-state index < -0.39 is 24.0 Å². The number of fused-ring (bicyclic) bond motifs is 2. The number of piperidine rings is 1. The lowest BCUT2D eigenvalue weighted by molar-refractivity contribution is -0.156. The smallest absolute Gasteiger partial charge is 0.326 e. The molecule has 150 valence electrons. The Hall–Kier alpha value is -3.22. The highest BCUT2D eigenvalue weighted by atomic mass is 16.4. The topological polar surface area (TPSA) is 99.6 Å². The molecule has 3 atom stereocenters. The van der Waals surface area contributed by atoms with Gasteiger partial charge in [0, 0.05) is 17.6 Å². The lowest BCUT2D eigenvalue weighted by Crippen LogP contribution is -2.59. The molecule has 1 aromatic carbocycles. The van der Waals surface area contributed by atoms with Gasteiger partial charge in [-0.3, -0.25) is 14.6 Å². The molecule has 3 heterocycles. The second kappa shape index (κ2) is 8.03. The van der Waals surface area contributed by atoms with Crippen molar-refractivity contribution in [3.8, 4) is 0 Å². The van der Waals surface area contributed by atoms with Crippen molar-refractivity contribution in [2.45, 2.75) is 50.2 Å². The highest BCUT2D eigenvalue weighted by molar-refractivity contribution is 6.06. The minimum absolute atomic E-state index is 0.149. The molecule has 29 heavy (non-hydrogen) atoms. The van der Waals surface area contributed by atoms with E-state index in [-0.39, 0.29) is 17.6 Å². The first-order valence-electron chi connectivity index (χ1n) is 9.91. The molecular weight excluding hydrogens is 370 g/mol. The highest BCUT2D eigenvalue weighted by Crippen LogP contribution is 2.28. The molecule has 1 fully saturated rings. The molecule has 7 nitrogen and oxygen atoms in total. The predicted octanol–water partition coefficient (Wildman–Crippen LogP) is 2.52. The molecule has 2 aromatic rings. The van der Waals surface area contributed by atoms with Crippen LogP contribution in [0, 0.1) is 0 Å². The standard InChI is InChI=1S/C22H23N3O4/c26-20(19-16-9-3-1-6-14(16)12-13-23-19)24-17-10-4-2-7-15-8-5-11-18(22(28)29)25(15)21(17)27/h1-4,6,9,12-13,15,17-18H,5,7-8,10-11H2,(H,24,26)(H,28,29)/b4-2-/t15-,17-,18-/m0/s1. The van der Waals surface area contributed by atoms with Crippen LogP contribution in [0.5, 0.6) is 0 Å². The van der Waals surface area contributed by atoms with Gasteiger partial charge in [-0.1, -0.05) is 36.4 Å². The summed E-state index contributed by atoms with van der Waals surface area (Å²) >= 11 is 0. The number of nitrogens with one attached hydrogen (secondary N) is 1. The summed E-state index contributed by atoms with van der Waals surface area (Å²) in [6.45, 7) is 0. The number of hydrogen-bond acceptors (Lipinski definition) is 4. The van der Waals surface area contributed by atoms with Crippen LogP contribution in [-0.2, 0) is 9.59 Å². The normalized spacial score (nSPS) is 25.6. The molecule has 7 heteroatoms. The monoisotopic (exact) mass is 393 g/mol. The summed E-state index contributed by atoms with van der Waals surface area (Å²) in [6, 6.07) is 7.45. The highest BCUT2D eigenvalue weighted by Gasteiger charge is 2.41. The second-order valence-corrected chi connectivity index (χ2v) is 7.53. The van der Waals surface area contributed by atoms with E-state index in [1.165, 1.54) is 4.90 Å². The van der Waals surface area contributed by atoms with Crippen molar-refractivity contribution in [1.82, 2.24) is 15.2 Å². The van der Waals surface area contributed by atoms with Crippen molar-refractivity contribution in [1.29, 1.82) is 0 Å². The van der Waals surface area contributed by atoms with E-state index >= 15 is 0 Å². The zero-order chi connectivity index (χ0) is 20.4. The molecule has 0 bridgehead atoms. The van der Waals surface area contributed by atoms with Crippen molar-refractivity contribution in [3.05, 3.63) is 54.4 Å². The Morgan fingerprint density at radius 2 is 1.90 bits per heavy atom. The number of carboxylic acids is 1. The SMILES string of the molecule is O=C(N[C@H]1C/C=C\C[C@H]2CCC[C@@H](C(=O)O)N2C1=O)c1nccc2ccccc12. The zero-order valence-electron chi connectivity index (χ0n) is 16.0. The van der Waals surface area contributed by atoms with E-state index in [4.69, 9.17) is 0 Å². The van der Waals surface area contributed by atoms with Gasteiger partial charge >= 0.3 is 5.97 Å². The van der Waals surface area contributed by atoms with Gasteiger partial charge < -0.3 is 15.3 Å². The van der Waals surface area contributed by atoms with Crippen LogP contribution in [0.2, 0.25) is 0 Å². The fraction of sp³-hybridized carbons (Fsp3) is 0.364. The zero-order valence-corrected chi connectivity index (χ0v) is 16.0. The summed E-state index contributed by atoms with van der Waals surface area (Å²) in [5.74, 6) is -1.76. The van der Waals surface area contributed by atoms with Gasteiger partial charge in [-0.15, -0.1) is 0 Å². The van der Waals surface area contributed by atoms with Gasteiger partial charge in [0.15, 0.2) is 0 Å². The Bertz CT molecular complexity index is 982. The maximum Gasteiger partial charge on any atom is 0.326 e. The summed E-state index contributed by atoms with van der Waals surface area (Å²) < 4.78 is 0. The van der Waals surface area contributed by atoms with Crippen LogP contribution >= 0.6 is 0 Å². The number of hydrogen-bond donors (Lipinski definition) is 2. The third-order valence-electron chi connectivity index (χ3n) is 5.72. The van der Waals surface area contributed by atoms with Gasteiger partial charge in [-0.2, -0.15) is 0 Å². The van der Waals surface area contributed by atoms with Crippen LogP contribution in [0.4, 0.5) is 0 Å². The minimum Gasteiger partial charge on any atom is -0.480 e. The molecule has 0 radical (unpaired) electrons. The van der Waals surface area contributed by atoms with Crippen LogP contribution in [0.15, 0.2) is 48.7 Å². The maximum absolute atomic E-state index is 13.3. The largest absolute Gasteiger partial charge is 0.480 e. The molecule has 2 N–H and O–H groups in total. The fourth-order valence-corrected chi connectivity index (χ4v) is 4.30. The molecule has 0 saturated carbocycles. The molecule has 1 aromatic heterocycles. The predicted molar refractivity (Wildman–Crippen MR) is 107 cm³/mol. The van der Waals surface area contributed by atoms with E-state index in [0.717, 1.165) is 18.2 Å². The van der Waals surface area contributed by atoms with Gasteiger partial charge in [-0.25, -0.2) is 4.79 Å². The maximum atomic E-state index is 13.3. The summed E-state index contributed by atoms with van der Waals surface area (Å²) in [5.41, 5.74) is 0.256. The number of rotatable bonds is 3. The van der Waals surface area contributed by atoms with E-state index in [1.807, 2.05) is 42.5 Å². The molecule has 0 spiro atoms. The summed E-state index contributed by atoms with van der Waals surface area (Å²) in [6.07, 6.45) is 8.38. The molecule has 0 aliphatic carbocycles. The summed E-state index contributed by atoms with van der Waals surface area (Å²) in [4.78, 5) is 43.7. The Kier molecular flexibility index (Phi) is 5.29. The molecule has 4 rings (SSSR count). The quantitative estimate of drug-likeness (QED) is 0.781. The van der Waals surface area contributed by atoms with Crippen molar-refractivity contribution in [3.63, 3.8) is 0 Å². The van der Waals surface area contributed by atoms with Gasteiger partial charge in [0.2, 0.25) is 5.91 Å². The third-order valence-corrected chi connectivity index (χ3v) is 5.72. The molecule has 0 unspecified atom stereocenters. The first-order chi connectivity index (χ1) is 14.1. The first kappa shape index (κ1) is 19.1. The van der Waals surface area contributed by atoms with Gasteiger partial charge in [0.25, 0.3) is 5.91 Å². The van der Waals surface area contributed by atoms with E-state index in [9.17, 15) is 19.5 Å². The molecule has 2 aliphatic rings. The Balaban J connectivity index is 1.62. The average Bonchev–Trinajstić information content (AvgIpc) is 2.73. The Morgan fingerprint density at radius 1 is 1.10 bits per heavy atom. The first-order valence-corrected chi connectivity index (χ1v) is 9.91. The number of pyridine rings is 1. The number of carbonyl (C=O) groups is 3. The molecule has 1 saturated heterocycles. The average molecular weight is 393 g/mol. The van der Waals surface area contributed by atoms with E-state index in [2.05, 4.69) is 10.3 Å². The van der Waals surface area contributed by atoms with Crippen molar-refractivity contribution in [2.75, 3.05) is 0 Å². The van der Waals surface area contributed by atoms with Crippen LogP contribution in [-0.4, -0.2) is 50.9 Å². The van der Waals surface area contributed by atoms with Crippen molar-refractivity contribution >= 4 is 28.6 Å². The number of carboxylic acid groups (broad SMARTS) is 1. The van der Waals surface area contributed by atoms with E-state index in [0.29, 0.717) is 24.6 Å². The number of aromatic nitrogens is 1. The number of nitrogens with zero attached hydrogens (tertiary/aromatic N) is 2. The molecule has 2 amide bonds. The minimum atomic E-state index is -0.992. The summed E-state index contributed by atoms with van der Waals surface area (Å²) in [7, 11) is 0.